The first kappa shape index (κ1) is 18.3. The first-order chi connectivity index (χ1) is 13.0. The number of rotatable bonds is 4. The lowest BCUT2D eigenvalue weighted by molar-refractivity contribution is -0.149. The van der Waals surface area contributed by atoms with Gasteiger partial charge in [-0.25, -0.2) is 8.78 Å². The largest absolute Gasteiger partial charge is 0.437 e. The van der Waals surface area contributed by atoms with Crippen molar-refractivity contribution in [1.82, 2.24) is 0 Å². The molecule has 4 heteroatoms. The van der Waals surface area contributed by atoms with Gasteiger partial charge in [-0.3, -0.25) is 4.79 Å². The molecule has 0 aliphatic carbocycles. The molecule has 0 amide bonds. The van der Waals surface area contributed by atoms with Crippen LogP contribution in [0, 0.1) is 24.0 Å². The highest BCUT2D eigenvalue weighted by Gasteiger charge is 2.35. The van der Waals surface area contributed by atoms with Gasteiger partial charge in [0, 0.05) is 29.7 Å². The fourth-order valence-corrected chi connectivity index (χ4v) is 2.98. The topological polar surface area (TPSA) is 26.3 Å². The molecule has 0 spiro atoms. The second-order valence-electron chi connectivity index (χ2n) is 5.99. The van der Waals surface area contributed by atoms with Crippen LogP contribution in [0.2, 0.25) is 0 Å². The van der Waals surface area contributed by atoms with Crippen LogP contribution >= 0.6 is 0 Å². The quantitative estimate of drug-likeness (QED) is 0.478. The van der Waals surface area contributed by atoms with Crippen molar-refractivity contribution in [3.63, 3.8) is 0 Å². The van der Waals surface area contributed by atoms with Gasteiger partial charge < -0.3 is 4.74 Å². The highest BCUT2D eigenvalue weighted by Crippen LogP contribution is 2.35. The first-order valence-electron chi connectivity index (χ1n) is 8.25. The van der Waals surface area contributed by atoms with Crippen molar-refractivity contribution in [1.29, 1.82) is 0 Å². The smallest absolute Gasteiger partial charge is 0.304 e. The Morgan fingerprint density at radius 3 is 2.15 bits per heavy atom. The van der Waals surface area contributed by atoms with Crippen molar-refractivity contribution in [2.24, 2.45) is 0 Å². The van der Waals surface area contributed by atoms with Gasteiger partial charge >= 0.3 is 5.97 Å². The molecule has 0 fully saturated rings. The average molecular weight is 362 g/mol. The molecule has 2 nitrogen and oxygen atoms in total. The summed E-state index contributed by atoms with van der Waals surface area (Å²) in [5.74, 6) is 0.769. The van der Waals surface area contributed by atoms with E-state index in [2.05, 4.69) is 5.92 Å². The van der Waals surface area contributed by atoms with Gasteiger partial charge in [0.25, 0.3) is 0 Å². The molecule has 1 unspecified atom stereocenters. The van der Waals surface area contributed by atoms with Crippen LogP contribution in [0.15, 0.2) is 72.8 Å². The molecule has 0 bridgehead atoms. The number of ether oxygens (including phenoxy) is 1. The van der Waals surface area contributed by atoms with Crippen molar-refractivity contribution < 1.29 is 18.3 Å². The van der Waals surface area contributed by atoms with Crippen LogP contribution < -0.4 is 0 Å². The van der Waals surface area contributed by atoms with E-state index in [1.807, 2.05) is 6.07 Å². The van der Waals surface area contributed by atoms with E-state index in [-0.39, 0.29) is 5.56 Å². The average Bonchev–Trinajstić information content (AvgIpc) is 2.67. The highest BCUT2D eigenvalue weighted by atomic mass is 19.1. The Morgan fingerprint density at radius 1 is 0.963 bits per heavy atom. The van der Waals surface area contributed by atoms with Crippen LogP contribution in [0.5, 0.6) is 0 Å². The van der Waals surface area contributed by atoms with Crippen molar-refractivity contribution in [3.05, 3.63) is 95.6 Å². The van der Waals surface area contributed by atoms with Crippen LogP contribution in [-0.2, 0) is 15.1 Å². The Kier molecular flexibility index (Phi) is 5.05. The summed E-state index contributed by atoms with van der Waals surface area (Å²) in [5, 5.41) is 0. The van der Waals surface area contributed by atoms with E-state index in [0.29, 0.717) is 16.7 Å². The van der Waals surface area contributed by atoms with Crippen LogP contribution in [0.3, 0.4) is 0 Å². The zero-order valence-electron chi connectivity index (χ0n) is 14.6. The van der Waals surface area contributed by atoms with E-state index >= 15 is 0 Å². The van der Waals surface area contributed by atoms with Crippen molar-refractivity contribution in [2.75, 3.05) is 0 Å². The normalized spacial score (nSPS) is 12.7. The monoisotopic (exact) mass is 362 g/mol. The number of esters is 1. The van der Waals surface area contributed by atoms with Gasteiger partial charge in [0.05, 0.1) is 0 Å². The van der Waals surface area contributed by atoms with E-state index < -0.39 is 23.2 Å². The Labute approximate surface area is 156 Å². The molecule has 3 aromatic rings. The van der Waals surface area contributed by atoms with Gasteiger partial charge in [0.15, 0.2) is 0 Å². The molecule has 0 heterocycles. The third-order valence-corrected chi connectivity index (χ3v) is 4.21. The third-order valence-electron chi connectivity index (χ3n) is 4.21. The number of benzene rings is 3. The molecule has 0 saturated carbocycles. The molecular weight excluding hydrogens is 346 g/mol. The molecule has 27 heavy (non-hydrogen) atoms. The molecule has 1 atom stereocenters. The molecule has 0 aliphatic heterocycles. The Balaban J connectivity index is 2.09. The second kappa shape index (κ2) is 7.43. The zero-order chi connectivity index (χ0) is 19.4. The summed E-state index contributed by atoms with van der Waals surface area (Å²) in [6.07, 6.45) is 5.78. The van der Waals surface area contributed by atoms with E-state index in [1.54, 1.807) is 48.5 Å². The highest BCUT2D eigenvalue weighted by molar-refractivity contribution is 5.69. The van der Waals surface area contributed by atoms with Crippen LogP contribution in [0.25, 0.3) is 11.1 Å². The molecule has 3 rings (SSSR count). The van der Waals surface area contributed by atoms with Gasteiger partial charge in [-0.15, -0.1) is 6.42 Å². The molecule has 0 aliphatic rings. The lowest BCUT2D eigenvalue weighted by Crippen LogP contribution is -2.31. The van der Waals surface area contributed by atoms with Crippen molar-refractivity contribution in [2.45, 2.75) is 12.5 Å². The number of terminal acetylenes is 1. The van der Waals surface area contributed by atoms with E-state index in [0.717, 1.165) is 6.07 Å². The van der Waals surface area contributed by atoms with Gasteiger partial charge in [-0.05, 0) is 23.6 Å². The van der Waals surface area contributed by atoms with Gasteiger partial charge in [-0.1, -0.05) is 54.6 Å². The lowest BCUT2D eigenvalue weighted by atomic mass is 9.86. The minimum Gasteiger partial charge on any atom is -0.437 e. The molecule has 0 aromatic heterocycles. The predicted octanol–water partition coefficient (Wildman–Crippen LogP) is 5.07. The minimum atomic E-state index is -1.40. The van der Waals surface area contributed by atoms with E-state index in [4.69, 9.17) is 11.2 Å². The summed E-state index contributed by atoms with van der Waals surface area (Å²) < 4.78 is 32.7. The maximum absolute atomic E-state index is 14.0. The number of carbonyl (C=O) groups is 1. The Morgan fingerprint density at radius 2 is 1.59 bits per heavy atom. The first-order valence-corrected chi connectivity index (χ1v) is 8.25. The molecule has 0 radical (unpaired) electrons. The summed E-state index contributed by atoms with van der Waals surface area (Å²) in [7, 11) is 0. The van der Waals surface area contributed by atoms with Crippen molar-refractivity contribution >= 4 is 5.97 Å². The van der Waals surface area contributed by atoms with Gasteiger partial charge in [0.2, 0.25) is 5.60 Å². The molecule has 3 aromatic carbocycles. The summed E-state index contributed by atoms with van der Waals surface area (Å²) in [6, 6.07) is 19.0. The Bertz CT molecular complexity index is 1000. The molecule has 0 N–H and O–H groups in total. The summed E-state index contributed by atoms with van der Waals surface area (Å²) >= 11 is 0. The summed E-state index contributed by atoms with van der Waals surface area (Å²) in [4.78, 5) is 11.7. The number of halogens is 2. The van der Waals surface area contributed by atoms with Crippen LogP contribution in [-0.4, -0.2) is 5.97 Å². The SMILES string of the molecule is C#CC(OC(C)=O)(c1ccccc1)c1ccc(-c2ccc(F)cc2F)cc1. The predicted molar refractivity (Wildman–Crippen MR) is 99.6 cm³/mol. The number of hydrogen-bond donors (Lipinski definition) is 0. The summed E-state index contributed by atoms with van der Waals surface area (Å²) in [5.41, 5.74) is 0.605. The van der Waals surface area contributed by atoms with Gasteiger partial charge in [0.1, 0.15) is 11.6 Å². The van der Waals surface area contributed by atoms with Crippen molar-refractivity contribution in [3.8, 4) is 23.5 Å². The van der Waals surface area contributed by atoms with Crippen LogP contribution in [0.4, 0.5) is 8.78 Å². The third kappa shape index (κ3) is 3.58. The maximum atomic E-state index is 14.0. The summed E-state index contributed by atoms with van der Waals surface area (Å²) in [6.45, 7) is 1.29. The molecule has 0 saturated heterocycles. The standard InChI is InChI=1S/C23H16F2O2/c1-3-23(27-16(2)26,18-7-5-4-6-8-18)19-11-9-17(10-12-19)21-14-13-20(24)15-22(21)25/h1,4-15H,2H3. The minimum absolute atomic E-state index is 0.265. The van der Waals surface area contributed by atoms with E-state index in [1.165, 1.54) is 19.1 Å². The lowest BCUT2D eigenvalue weighted by Gasteiger charge is -2.29. The number of hydrogen-bond acceptors (Lipinski definition) is 2. The number of carbonyl (C=O) groups excluding carboxylic acids is 1. The fraction of sp³-hybridized carbons (Fsp3) is 0.0870. The van der Waals surface area contributed by atoms with E-state index in [9.17, 15) is 13.6 Å². The second-order valence-corrected chi connectivity index (χ2v) is 5.99. The fourth-order valence-electron chi connectivity index (χ4n) is 2.98. The molecule has 134 valence electrons. The maximum Gasteiger partial charge on any atom is 0.304 e. The van der Waals surface area contributed by atoms with Crippen LogP contribution in [0.1, 0.15) is 18.1 Å². The van der Waals surface area contributed by atoms with Gasteiger partial charge in [-0.2, -0.15) is 0 Å². The zero-order valence-corrected chi connectivity index (χ0v) is 14.6. The molecular formula is C23H16F2O2. The Hall–Kier alpha value is -3.45.